The number of nitrogens with zero attached hydrogens (tertiary/aromatic N) is 1. The van der Waals surface area contributed by atoms with E-state index in [1.54, 1.807) is 19.1 Å². The van der Waals surface area contributed by atoms with Crippen LogP contribution in [0.25, 0.3) is 0 Å². The fourth-order valence-electron chi connectivity index (χ4n) is 2.75. The first kappa shape index (κ1) is 15.5. The Kier molecular flexibility index (Phi) is 4.60. The zero-order chi connectivity index (χ0) is 15.5. The SMILES string of the molecule is CC(C(=O)OC1(C)CCCCC1)c1ccc([N+](=O)[O-])cc1. The monoisotopic (exact) mass is 291 g/mol. The second kappa shape index (κ2) is 6.24. The molecule has 1 aromatic carbocycles. The van der Waals surface area contributed by atoms with Crippen LogP contribution in [0.4, 0.5) is 5.69 Å². The topological polar surface area (TPSA) is 69.4 Å². The van der Waals surface area contributed by atoms with E-state index in [9.17, 15) is 14.9 Å². The average Bonchev–Trinajstić information content (AvgIpc) is 2.46. The number of nitro groups is 1. The van der Waals surface area contributed by atoms with E-state index < -0.39 is 10.8 Å². The molecule has 1 aliphatic carbocycles. The molecule has 0 aliphatic heterocycles. The van der Waals surface area contributed by atoms with E-state index in [2.05, 4.69) is 0 Å². The number of carbonyl (C=O) groups excluding carboxylic acids is 1. The van der Waals surface area contributed by atoms with Crippen molar-refractivity contribution in [3.63, 3.8) is 0 Å². The summed E-state index contributed by atoms with van der Waals surface area (Å²) in [5.41, 5.74) is 0.410. The molecule has 0 bridgehead atoms. The van der Waals surface area contributed by atoms with E-state index in [4.69, 9.17) is 4.74 Å². The molecule has 1 aliphatic rings. The van der Waals surface area contributed by atoms with Gasteiger partial charge >= 0.3 is 5.97 Å². The van der Waals surface area contributed by atoms with E-state index in [0.29, 0.717) is 0 Å². The molecule has 0 heterocycles. The largest absolute Gasteiger partial charge is 0.459 e. The number of hydrogen-bond acceptors (Lipinski definition) is 4. The van der Waals surface area contributed by atoms with Crippen molar-refractivity contribution in [3.8, 4) is 0 Å². The summed E-state index contributed by atoms with van der Waals surface area (Å²) in [5.74, 6) is -0.669. The summed E-state index contributed by atoms with van der Waals surface area (Å²) in [4.78, 5) is 22.5. The summed E-state index contributed by atoms with van der Waals surface area (Å²) in [6.07, 6.45) is 5.20. The summed E-state index contributed by atoms with van der Waals surface area (Å²) in [6.45, 7) is 3.77. The number of non-ortho nitro benzene ring substituents is 1. The highest BCUT2D eigenvalue weighted by atomic mass is 16.6. The fourth-order valence-corrected chi connectivity index (χ4v) is 2.75. The molecule has 1 saturated carbocycles. The smallest absolute Gasteiger partial charge is 0.313 e. The van der Waals surface area contributed by atoms with Crippen LogP contribution >= 0.6 is 0 Å². The van der Waals surface area contributed by atoms with Crippen LogP contribution in [0.1, 0.15) is 57.4 Å². The maximum absolute atomic E-state index is 12.3. The van der Waals surface area contributed by atoms with E-state index >= 15 is 0 Å². The molecular formula is C16H21NO4. The minimum atomic E-state index is -0.449. The van der Waals surface area contributed by atoms with Crippen LogP contribution in [0.3, 0.4) is 0 Å². The number of hydrogen-bond donors (Lipinski definition) is 0. The van der Waals surface area contributed by atoms with Crippen molar-refractivity contribution in [2.75, 3.05) is 0 Å². The highest BCUT2D eigenvalue weighted by Crippen LogP contribution is 2.33. The normalized spacial score (nSPS) is 18.8. The first-order chi connectivity index (χ1) is 9.91. The second-order valence-corrected chi connectivity index (χ2v) is 6.00. The fraction of sp³-hybridized carbons (Fsp3) is 0.562. The zero-order valence-corrected chi connectivity index (χ0v) is 12.5. The Labute approximate surface area is 124 Å². The summed E-state index contributed by atoms with van der Waals surface area (Å²) in [5, 5.41) is 10.6. The maximum atomic E-state index is 12.3. The molecule has 1 unspecified atom stereocenters. The van der Waals surface area contributed by atoms with Crippen molar-refractivity contribution in [1.29, 1.82) is 0 Å². The van der Waals surface area contributed by atoms with Crippen LogP contribution in [0.5, 0.6) is 0 Å². The van der Waals surface area contributed by atoms with Crippen LogP contribution < -0.4 is 0 Å². The van der Waals surface area contributed by atoms with Crippen molar-refractivity contribution in [2.24, 2.45) is 0 Å². The van der Waals surface area contributed by atoms with Gasteiger partial charge in [0, 0.05) is 12.1 Å². The molecule has 21 heavy (non-hydrogen) atoms. The molecule has 114 valence electrons. The predicted molar refractivity (Wildman–Crippen MR) is 79.1 cm³/mol. The van der Waals surface area contributed by atoms with E-state index in [1.807, 2.05) is 6.92 Å². The summed E-state index contributed by atoms with van der Waals surface area (Å²) in [7, 11) is 0. The molecule has 0 spiro atoms. The molecule has 0 saturated heterocycles. The Morgan fingerprint density at radius 3 is 2.33 bits per heavy atom. The third-order valence-corrected chi connectivity index (χ3v) is 4.22. The highest BCUT2D eigenvalue weighted by molar-refractivity contribution is 5.78. The van der Waals surface area contributed by atoms with Gasteiger partial charge < -0.3 is 4.74 Å². The Bertz CT molecular complexity index is 518. The van der Waals surface area contributed by atoms with E-state index in [-0.39, 0.29) is 17.3 Å². The number of nitro benzene ring substituents is 1. The van der Waals surface area contributed by atoms with Gasteiger partial charge in [-0.15, -0.1) is 0 Å². The number of benzene rings is 1. The van der Waals surface area contributed by atoms with Gasteiger partial charge in [0.15, 0.2) is 0 Å². The van der Waals surface area contributed by atoms with Gasteiger partial charge in [0.1, 0.15) is 5.60 Å². The van der Waals surface area contributed by atoms with Gasteiger partial charge in [-0.25, -0.2) is 0 Å². The molecule has 0 amide bonds. The Balaban J connectivity index is 2.03. The Morgan fingerprint density at radius 1 is 1.24 bits per heavy atom. The summed E-state index contributed by atoms with van der Waals surface area (Å²) >= 11 is 0. The quantitative estimate of drug-likeness (QED) is 0.478. The van der Waals surface area contributed by atoms with Gasteiger partial charge in [-0.2, -0.15) is 0 Å². The Hall–Kier alpha value is -1.91. The molecule has 1 atom stereocenters. The van der Waals surface area contributed by atoms with Crippen LogP contribution in [-0.4, -0.2) is 16.5 Å². The highest BCUT2D eigenvalue weighted by Gasteiger charge is 2.32. The molecule has 0 radical (unpaired) electrons. The van der Waals surface area contributed by atoms with Gasteiger partial charge in [-0.1, -0.05) is 18.6 Å². The standard InChI is InChI=1S/C16H21NO4/c1-12(13-6-8-14(9-7-13)17(19)20)15(18)21-16(2)10-4-3-5-11-16/h6-9,12H,3-5,10-11H2,1-2H3. The average molecular weight is 291 g/mol. The summed E-state index contributed by atoms with van der Waals surface area (Å²) < 4.78 is 5.70. The van der Waals surface area contributed by atoms with Gasteiger partial charge in [0.05, 0.1) is 10.8 Å². The molecule has 0 aromatic heterocycles. The second-order valence-electron chi connectivity index (χ2n) is 6.00. The molecule has 2 rings (SSSR count). The predicted octanol–water partition coefficient (Wildman–Crippen LogP) is 3.96. The lowest BCUT2D eigenvalue weighted by molar-refractivity contribution is -0.384. The molecular weight excluding hydrogens is 270 g/mol. The lowest BCUT2D eigenvalue weighted by Crippen LogP contribution is -2.35. The lowest BCUT2D eigenvalue weighted by atomic mass is 9.86. The van der Waals surface area contributed by atoms with Gasteiger partial charge in [-0.05, 0) is 45.1 Å². The van der Waals surface area contributed by atoms with Crippen LogP contribution in [0.2, 0.25) is 0 Å². The summed E-state index contributed by atoms with van der Waals surface area (Å²) in [6, 6.07) is 6.07. The van der Waals surface area contributed by atoms with Crippen molar-refractivity contribution < 1.29 is 14.5 Å². The molecule has 0 N–H and O–H groups in total. The maximum Gasteiger partial charge on any atom is 0.313 e. The van der Waals surface area contributed by atoms with Crippen molar-refractivity contribution in [1.82, 2.24) is 0 Å². The number of ether oxygens (including phenoxy) is 1. The van der Waals surface area contributed by atoms with Crippen LogP contribution in [0.15, 0.2) is 24.3 Å². The molecule has 5 nitrogen and oxygen atoms in total. The zero-order valence-electron chi connectivity index (χ0n) is 12.5. The van der Waals surface area contributed by atoms with Gasteiger partial charge in [-0.3, -0.25) is 14.9 Å². The van der Waals surface area contributed by atoms with Crippen molar-refractivity contribution >= 4 is 11.7 Å². The minimum absolute atomic E-state index is 0.0264. The number of carbonyl (C=O) groups is 1. The van der Waals surface area contributed by atoms with Crippen LogP contribution in [0, 0.1) is 10.1 Å². The van der Waals surface area contributed by atoms with E-state index in [0.717, 1.165) is 31.2 Å². The first-order valence-corrected chi connectivity index (χ1v) is 7.38. The number of rotatable bonds is 4. The number of esters is 1. The van der Waals surface area contributed by atoms with Gasteiger partial charge in [0.2, 0.25) is 0 Å². The Morgan fingerprint density at radius 2 is 1.81 bits per heavy atom. The van der Waals surface area contributed by atoms with Crippen LogP contribution in [-0.2, 0) is 9.53 Å². The van der Waals surface area contributed by atoms with Crippen molar-refractivity contribution in [3.05, 3.63) is 39.9 Å². The first-order valence-electron chi connectivity index (χ1n) is 7.38. The molecule has 5 heteroatoms. The van der Waals surface area contributed by atoms with Crippen molar-refractivity contribution in [2.45, 2.75) is 57.5 Å². The lowest BCUT2D eigenvalue weighted by Gasteiger charge is -2.34. The van der Waals surface area contributed by atoms with Gasteiger partial charge in [0.25, 0.3) is 5.69 Å². The molecule has 1 aromatic rings. The molecule has 1 fully saturated rings. The van der Waals surface area contributed by atoms with E-state index in [1.165, 1.54) is 18.6 Å². The minimum Gasteiger partial charge on any atom is -0.459 e. The third-order valence-electron chi connectivity index (χ3n) is 4.22. The third kappa shape index (κ3) is 3.80.